The maximum Gasteiger partial charge on any atom is 0.228 e. The summed E-state index contributed by atoms with van der Waals surface area (Å²) in [6.45, 7) is 11.9. The highest BCUT2D eigenvalue weighted by Crippen LogP contribution is 2.22. The smallest absolute Gasteiger partial charge is 0.228 e. The summed E-state index contributed by atoms with van der Waals surface area (Å²) < 4.78 is 5.32. The van der Waals surface area contributed by atoms with Gasteiger partial charge in [0, 0.05) is 12.5 Å². The van der Waals surface area contributed by atoms with Crippen molar-refractivity contribution in [2.45, 2.75) is 52.8 Å². The van der Waals surface area contributed by atoms with Gasteiger partial charge in [-0.1, -0.05) is 39.8 Å². The Balaban J connectivity index is 2.61. The van der Waals surface area contributed by atoms with Crippen LogP contribution in [0.25, 0.3) is 0 Å². The summed E-state index contributed by atoms with van der Waals surface area (Å²) in [5, 5.41) is 7.50. The molecular formula is C13H25N3OS. The van der Waals surface area contributed by atoms with Crippen molar-refractivity contribution in [3.05, 3.63) is 11.7 Å². The summed E-state index contributed by atoms with van der Waals surface area (Å²) in [5.74, 6) is 3.45. The summed E-state index contributed by atoms with van der Waals surface area (Å²) >= 11 is 1.81. The second-order valence-electron chi connectivity index (χ2n) is 5.42. The molecule has 0 saturated heterocycles. The zero-order valence-corrected chi connectivity index (χ0v) is 12.9. The average molecular weight is 271 g/mol. The maximum absolute atomic E-state index is 5.32. The summed E-state index contributed by atoms with van der Waals surface area (Å²) in [5.41, 5.74) is 0.183. The Labute approximate surface area is 114 Å². The van der Waals surface area contributed by atoms with Crippen LogP contribution in [0.5, 0.6) is 0 Å². The molecule has 0 radical (unpaired) electrons. The average Bonchev–Trinajstić information content (AvgIpc) is 2.72. The quantitative estimate of drug-likeness (QED) is 0.826. The van der Waals surface area contributed by atoms with E-state index in [1.54, 1.807) is 0 Å². The van der Waals surface area contributed by atoms with Crippen molar-refractivity contribution in [2.24, 2.45) is 5.41 Å². The minimum Gasteiger partial charge on any atom is -0.339 e. The molecule has 1 rings (SSSR count). The van der Waals surface area contributed by atoms with Gasteiger partial charge in [-0.2, -0.15) is 16.7 Å². The molecular weight excluding hydrogens is 246 g/mol. The predicted octanol–water partition coefficient (Wildman–Crippen LogP) is 2.89. The third-order valence-corrected chi connectivity index (χ3v) is 3.69. The number of nitrogens with one attached hydrogen (secondary N) is 1. The van der Waals surface area contributed by atoms with E-state index in [1.165, 1.54) is 0 Å². The van der Waals surface area contributed by atoms with E-state index in [-0.39, 0.29) is 5.41 Å². The molecule has 0 saturated carbocycles. The van der Waals surface area contributed by atoms with Crippen molar-refractivity contribution in [3.8, 4) is 0 Å². The standard InChI is InChI=1S/C13H25N3OS/c1-6-14-10(13(3,4)5)8-12-15-11(16-17-12)9-18-7-2/h10,14H,6-9H2,1-5H3. The summed E-state index contributed by atoms with van der Waals surface area (Å²) in [4.78, 5) is 4.44. The fourth-order valence-corrected chi connectivity index (χ4v) is 2.23. The second-order valence-corrected chi connectivity index (χ2v) is 6.70. The van der Waals surface area contributed by atoms with Gasteiger partial charge in [-0.25, -0.2) is 0 Å². The number of aromatic nitrogens is 2. The molecule has 1 heterocycles. The highest BCUT2D eigenvalue weighted by Gasteiger charge is 2.26. The van der Waals surface area contributed by atoms with Gasteiger partial charge >= 0.3 is 0 Å². The van der Waals surface area contributed by atoms with E-state index in [2.05, 4.69) is 50.1 Å². The van der Waals surface area contributed by atoms with Crippen molar-refractivity contribution in [1.82, 2.24) is 15.5 Å². The van der Waals surface area contributed by atoms with E-state index in [1.807, 2.05) is 11.8 Å². The normalized spacial score (nSPS) is 13.8. The molecule has 1 N–H and O–H groups in total. The lowest BCUT2D eigenvalue weighted by Gasteiger charge is -2.30. The molecule has 1 aromatic rings. The Morgan fingerprint density at radius 2 is 2.06 bits per heavy atom. The largest absolute Gasteiger partial charge is 0.339 e. The highest BCUT2D eigenvalue weighted by molar-refractivity contribution is 7.98. The van der Waals surface area contributed by atoms with Gasteiger partial charge in [0.2, 0.25) is 5.89 Å². The number of nitrogens with zero attached hydrogens (tertiary/aromatic N) is 2. The molecule has 1 atom stereocenters. The van der Waals surface area contributed by atoms with E-state index in [0.717, 1.165) is 36.2 Å². The minimum absolute atomic E-state index is 0.183. The summed E-state index contributed by atoms with van der Waals surface area (Å²) in [6, 6.07) is 0.356. The lowest BCUT2D eigenvalue weighted by atomic mass is 9.84. The van der Waals surface area contributed by atoms with Crippen LogP contribution >= 0.6 is 11.8 Å². The molecule has 104 valence electrons. The first kappa shape index (κ1) is 15.5. The summed E-state index contributed by atoms with van der Waals surface area (Å²) in [6.07, 6.45) is 0.793. The third-order valence-electron chi connectivity index (χ3n) is 2.82. The number of rotatable bonds is 7. The Morgan fingerprint density at radius 3 is 2.61 bits per heavy atom. The molecule has 1 unspecified atom stereocenters. The molecule has 18 heavy (non-hydrogen) atoms. The third kappa shape index (κ3) is 4.98. The lowest BCUT2D eigenvalue weighted by Crippen LogP contribution is -2.41. The first-order valence-corrected chi connectivity index (χ1v) is 7.75. The highest BCUT2D eigenvalue weighted by atomic mass is 32.2. The number of thioether (sulfide) groups is 1. The van der Waals surface area contributed by atoms with E-state index in [4.69, 9.17) is 4.52 Å². The molecule has 0 aromatic carbocycles. The minimum atomic E-state index is 0.183. The predicted molar refractivity (Wildman–Crippen MR) is 76.8 cm³/mol. The van der Waals surface area contributed by atoms with Crippen molar-refractivity contribution < 1.29 is 4.52 Å². The van der Waals surface area contributed by atoms with Gasteiger partial charge in [-0.05, 0) is 17.7 Å². The topological polar surface area (TPSA) is 51.0 Å². The van der Waals surface area contributed by atoms with E-state index in [9.17, 15) is 0 Å². The number of hydrogen-bond acceptors (Lipinski definition) is 5. The van der Waals surface area contributed by atoms with Crippen LogP contribution in [0.15, 0.2) is 4.52 Å². The van der Waals surface area contributed by atoms with E-state index in [0.29, 0.717) is 6.04 Å². The van der Waals surface area contributed by atoms with Crippen molar-refractivity contribution in [1.29, 1.82) is 0 Å². The number of likely N-dealkylation sites (N-methyl/N-ethyl adjacent to an activating group) is 1. The fraction of sp³-hybridized carbons (Fsp3) is 0.846. The van der Waals surface area contributed by atoms with Crippen LogP contribution < -0.4 is 5.32 Å². The monoisotopic (exact) mass is 271 g/mol. The van der Waals surface area contributed by atoms with Gasteiger partial charge in [-0.3, -0.25) is 0 Å². The van der Waals surface area contributed by atoms with E-state index >= 15 is 0 Å². The van der Waals surface area contributed by atoms with Gasteiger partial charge in [0.1, 0.15) is 0 Å². The molecule has 5 heteroatoms. The van der Waals surface area contributed by atoms with Crippen LogP contribution in [0, 0.1) is 5.41 Å². The van der Waals surface area contributed by atoms with Gasteiger partial charge in [0.15, 0.2) is 5.82 Å². The molecule has 0 spiro atoms. The Morgan fingerprint density at radius 1 is 1.33 bits per heavy atom. The van der Waals surface area contributed by atoms with E-state index < -0.39 is 0 Å². The van der Waals surface area contributed by atoms with Crippen LogP contribution in [-0.2, 0) is 12.2 Å². The first-order valence-electron chi connectivity index (χ1n) is 6.60. The zero-order chi connectivity index (χ0) is 13.6. The molecule has 0 amide bonds. The molecule has 0 aliphatic heterocycles. The zero-order valence-electron chi connectivity index (χ0n) is 12.1. The van der Waals surface area contributed by atoms with Gasteiger partial charge in [-0.15, -0.1) is 0 Å². The maximum atomic E-state index is 5.32. The van der Waals surface area contributed by atoms with Crippen molar-refractivity contribution >= 4 is 11.8 Å². The summed E-state index contributed by atoms with van der Waals surface area (Å²) in [7, 11) is 0. The van der Waals surface area contributed by atoms with Crippen LogP contribution in [0.2, 0.25) is 0 Å². The first-order chi connectivity index (χ1) is 8.47. The molecule has 0 bridgehead atoms. The van der Waals surface area contributed by atoms with Gasteiger partial charge in [0.05, 0.1) is 5.75 Å². The van der Waals surface area contributed by atoms with Crippen LogP contribution in [-0.4, -0.2) is 28.5 Å². The molecule has 0 aliphatic carbocycles. The number of hydrogen-bond donors (Lipinski definition) is 1. The molecule has 4 nitrogen and oxygen atoms in total. The fourth-order valence-electron chi connectivity index (χ4n) is 1.73. The Hall–Kier alpha value is -0.550. The Bertz CT molecular complexity index is 346. The molecule has 0 fully saturated rings. The lowest BCUT2D eigenvalue weighted by molar-refractivity contribution is 0.247. The van der Waals surface area contributed by atoms with Crippen LogP contribution in [0.4, 0.5) is 0 Å². The second kappa shape index (κ2) is 7.14. The van der Waals surface area contributed by atoms with Crippen LogP contribution in [0.1, 0.15) is 46.3 Å². The van der Waals surface area contributed by atoms with Gasteiger partial charge < -0.3 is 9.84 Å². The molecule has 1 aromatic heterocycles. The van der Waals surface area contributed by atoms with Gasteiger partial charge in [0.25, 0.3) is 0 Å². The van der Waals surface area contributed by atoms with Crippen LogP contribution in [0.3, 0.4) is 0 Å². The SMILES string of the molecule is CCNC(Cc1nc(CSCC)no1)C(C)(C)C. The van der Waals surface area contributed by atoms with Crippen molar-refractivity contribution in [3.63, 3.8) is 0 Å². The molecule has 0 aliphatic rings. The Kier molecular flexibility index (Phi) is 6.15. The van der Waals surface area contributed by atoms with Crippen molar-refractivity contribution in [2.75, 3.05) is 12.3 Å².